The Morgan fingerprint density at radius 1 is 1.58 bits per heavy atom. The van der Waals surface area contributed by atoms with Crippen molar-refractivity contribution in [3.63, 3.8) is 0 Å². The van der Waals surface area contributed by atoms with Crippen LogP contribution in [0.4, 0.5) is 0 Å². The molecule has 2 unspecified atom stereocenters. The molecule has 1 aromatic heterocycles. The van der Waals surface area contributed by atoms with Gasteiger partial charge in [-0.1, -0.05) is 26.3 Å². The molecule has 0 aromatic carbocycles. The third-order valence-corrected chi connectivity index (χ3v) is 3.93. The molecule has 0 saturated heterocycles. The molecule has 0 aliphatic heterocycles. The summed E-state index contributed by atoms with van der Waals surface area (Å²) < 4.78 is 0. The van der Waals surface area contributed by atoms with E-state index in [0.717, 1.165) is 19.3 Å². The van der Waals surface area contributed by atoms with Crippen LogP contribution < -0.4 is 11.1 Å². The third-order valence-electron chi connectivity index (χ3n) is 3.03. The first-order valence-electron chi connectivity index (χ1n) is 6.55. The molecule has 3 nitrogen and oxygen atoms in total. The van der Waals surface area contributed by atoms with Crippen LogP contribution in [-0.2, 0) is 11.2 Å². The Hall–Kier alpha value is -0.580. The van der Waals surface area contributed by atoms with E-state index in [9.17, 15) is 4.79 Å². The summed E-state index contributed by atoms with van der Waals surface area (Å²) >= 11 is 1.76. The molecule has 1 heterocycles. The third kappa shape index (κ3) is 6.41. The molecular formula is C14H25ClN2OS. The van der Waals surface area contributed by atoms with E-state index < -0.39 is 5.54 Å². The fourth-order valence-electron chi connectivity index (χ4n) is 1.95. The zero-order chi connectivity index (χ0) is 13.6. The summed E-state index contributed by atoms with van der Waals surface area (Å²) in [7, 11) is 0. The zero-order valence-electron chi connectivity index (χ0n) is 11.9. The molecule has 0 saturated carbocycles. The van der Waals surface area contributed by atoms with Gasteiger partial charge >= 0.3 is 0 Å². The Morgan fingerprint density at radius 2 is 2.26 bits per heavy atom. The number of thiophene rings is 1. The number of rotatable bonds is 7. The lowest BCUT2D eigenvalue weighted by Gasteiger charge is -2.24. The lowest BCUT2D eigenvalue weighted by molar-refractivity contribution is -0.126. The van der Waals surface area contributed by atoms with Gasteiger partial charge in [0.1, 0.15) is 0 Å². The fourth-order valence-corrected chi connectivity index (χ4v) is 2.82. The second-order valence-corrected chi connectivity index (χ2v) is 6.30. The number of hydrogen-bond donors (Lipinski definition) is 2. The molecule has 1 amide bonds. The number of hydrogen-bond acceptors (Lipinski definition) is 3. The fraction of sp³-hybridized carbons (Fsp3) is 0.643. The number of halogens is 1. The van der Waals surface area contributed by atoms with Crippen molar-refractivity contribution in [3.8, 4) is 0 Å². The Balaban J connectivity index is 0.00000324. The van der Waals surface area contributed by atoms with Crippen LogP contribution in [0.3, 0.4) is 0 Å². The highest BCUT2D eigenvalue weighted by Crippen LogP contribution is 2.14. The van der Waals surface area contributed by atoms with Crippen molar-refractivity contribution >= 4 is 29.7 Å². The standard InChI is InChI=1S/C14H24N2OS.ClH/c1-4-7-14(3,15)13(17)16-10-11(2)9-12-6-5-8-18-12;/h5-6,8,11H,4,7,9-10,15H2,1-3H3,(H,16,17);1H. The maximum atomic E-state index is 11.9. The summed E-state index contributed by atoms with van der Waals surface area (Å²) in [6.45, 7) is 6.68. The molecule has 1 rings (SSSR count). The molecule has 3 N–H and O–H groups in total. The van der Waals surface area contributed by atoms with Crippen molar-refractivity contribution in [2.75, 3.05) is 6.54 Å². The first-order chi connectivity index (χ1) is 8.45. The summed E-state index contributed by atoms with van der Waals surface area (Å²) in [5.41, 5.74) is 5.24. The van der Waals surface area contributed by atoms with Crippen LogP contribution in [0.1, 0.15) is 38.5 Å². The molecule has 1 aromatic rings. The van der Waals surface area contributed by atoms with E-state index in [4.69, 9.17) is 5.73 Å². The SMILES string of the molecule is CCCC(C)(N)C(=O)NCC(C)Cc1cccs1.Cl. The van der Waals surface area contributed by atoms with Gasteiger partial charge in [-0.3, -0.25) is 4.79 Å². The highest BCUT2D eigenvalue weighted by molar-refractivity contribution is 7.09. The normalized spacial score (nSPS) is 15.2. The highest BCUT2D eigenvalue weighted by atomic mass is 35.5. The molecule has 110 valence electrons. The lowest BCUT2D eigenvalue weighted by Crippen LogP contribution is -2.52. The molecule has 0 radical (unpaired) electrons. The minimum atomic E-state index is -0.739. The van der Waals surface area contributed by atoms with Gasteiger partial charge in [0, 0.05) is 11.4 Å². The minimum Gasteiger partial charge on any atom is -0.354 e. The van der Waals surface area contributed by atoms with Gasteiger partial charge in [-0.25, -0.2) is 0 Å². The number of nitrogens with two attached hydrogens (primary N) is 1. The van der Waals surface area contributed by atoms with Gasteiger partial charge in [-0.2, -0.15) is 0 Å². The van der Waals surface area contributed by atoms with Gasteiger partial charge in [0.2, 0.25) is 5.91 Å². The second kappa shape index (κ2) is 8.56. The summed E-state index contributed by atoms with van der Waals surface area (Å²) in [5.74, 6) is 0.396. The quantitative estimate of drug-likeness (QED) is 0.813. The summed E-state index contributed by atoms with van der Waals surface area (Å²) in [6, 6.07) is 4.19. The van der Waals surface area contributed by atoms with Gasteiger partial charge in [-0.15, -0.1) is 23.7 Å². The number of nitrogens with one attached hydrogen (secondary N) is 1. The van der Waals surface area contributed by atoms with Crippen LogP contribution in [0.25, 0.3) is 0 Å². The molecule has 0 spiro atoms. The molecule has 0 bridgehead atoms. The van der Waals surface area contributed by atoms with E-state index in [1.54, 1.807) is 18.3 Å². The Bertz CT molecular complexity index is 366. The van der Waals surface area contributed by atoms with E-state index in [0.29, 0.717) is 12.5 Å². The molecule has 2 atom stereocenters. The predicted octanol–water partition coefficient (Wildman–Crippen LogP) is 2.98. The summed E-state index contributed by atoms with van der Waals surface area (Å²) in [4.78, 5) is 13.3. The average Bonchev–Trinajstić information content (AvgIpc) is 2.78. The number of amides is 1. The molecule has 0 fully saturated rings. The van der Waals surface area contributed by atoms with Crippen LogP contribution in [0.5, 0.6) is 0 Å². The number of carbonyl (C=O) groups excluding carboxylic acids is 1. The van der Waals surface area contributed by atoms with E-state index in [-0.39, 0.29) is 18.3 Å². The lowest BCUT2D eigenvalue weighted by atomic mass is 9.96. The maximum absolute atomic E-state index is 11.9. The van der Waals surface area contributed by atoms with Crippen molar-refractivity contribution in [2.45, 2.75) is 45.6 Å². The van der Waals surface area contributed by atoms with E-state index in [2.05, 4.69) is 29.8 Å². The Morgan fingerprint density at radius 3 is 2.79 bits per heavy atom. The molecular weight excluding hydrogens is 280 g/mol. The largest absolute Gasteiger partial charge is 0.354 e. The van der Waals surface area contributed by atoms with Crippen LogP contribution in [0.15, 0.2) is 17.5 Å². The van der Waals surface area contributed by atoms with Crippen molar-refractivity contribution < 1.29 is 4.79 Å². The Labute approximate surface area is 126 Å². The molecule has 0 aliphatic rings. The van der Waals surface area contributed by atoms with Gasteiger partial charge in [0.05, 0.1) is 5.54 Å². The zero-order valence-corrected chi connectivity index (χ0v) is 13.6. The second-order valence-electron chi connectivity index (χ2n) is 5.27. The van der Waals surface area contributed by atoms with E-state index >= 15 is 0 Å². The van der Waals surface area contributed by atoms with Gasteiger partial charge in [0.15, 0.2) is 0 Å². The van der Waals surface area contributed by atoms with Crippen LogP contribution in [0.2, 0.25) is 0 Å². The van der Waals surface area contributed by atoms with Crippen LogP contribution in [-0.4, -0.2) is 18.0 Å². The average molecular weight is 305 g/mol. The van der Waals surface area contributed by atoms with Crippen molar-refractivity contribution in [2.24, 2.45) is 11.7 Å². The highest BCUT2D eigenvalue weighted by Gasteiger charge is 2.26. The minimum absolute atomic E-state index is 0. The van der Waals surface area contributed by atoms with Gasteiger partial charge in [0.25, 0.3) is 0 Å². The van der Waals surface area contributed by atoms with E-state index in [1.807, 2.05) is 6.92 Å². The number of carbonyl (C=O) groups is 1. The van der Waals surface area contributed by atoms with Crippen LogP contribution in [0, 0.1) is 5.92 Å². The van der Waals surface area contributed by atoms with Crippen molar-refractivity contribution in [3.05, 3.63) is 22.4 Å². The van der Waals surface area contributed by atoms with E-state index in [1.165, 1.54) is 4.88 Å². The maximum Gasteiger partial charge on any atom is 0.239 e. The van der Waals surface area contributed by atoms with Crippen LogP contribution >= 0.6 is 23.7 Å². The predicted molar refractivity (Wildman–Crippen MR) is 84.9 cm³/mol. The first-order valence-corrected chi connectivity index (χ1v) is 7.43. The smallest absolute Gasteiger partial charge is 0.239 e. The topological polar surface area (TPSA) is 55.1 Å². The summed E-state index contributed by atoms with van der Waals surface area (Å²) in [6.07, 6.45) is 2.65. The first kappa shape index (κ1) is 18.4. The van der Waals surface area contributed by atoms with Gasteiger partial charge < -0.3 is 11.1 Å². The van der Waals surface area contributed by atoms with Crippen molar-refractivity contribution in [1.29, 1.82) is 0 Å². The summed E-state index contributed by atoms with van der Waals surface area (Å²) in [5, 5.41) is 5.04. The monoisotopic (exact) mass is 304 g/mol. The Kier molecular flexibility index (Phi) is 8.30. The molecule has 0 aliphatic carbocycles. The molecule has 5 heteroatoms. The van der Waals surface area contributed by atoms with Crippen molar-refractivity contribution in [1.82, 2.24) is 5.32 Å². The molecule has 19 heavy (non-hydrogen) atoms. The van der Waals surface area contributed by atoms with Gasteiger partial charge in [-0.05, 0) is 37.1 Å².